The monoisotopic (exact) mass is 277 g/mol. The van der Waals surface area contributed by atoms with Gasteiger partial charge < -0.3 is 16.4 Å². The van der Waals surface area contributed by atoms with Crippen LogP contribution in [0.1, 0.15) is 24.4 Å². The lowest BCUT2D eigenvalue weighted by atomic mass is 10.0. The molecule has 1 aliphatic heterocycles. The molecule has 0 aromatic heterocycles. The molecular weight excluding hydrogens is 258 g/mol. The number of fused-ring (bicyclic) bond motifs is 1. The highest BCUT2D eigenvalue weighted by molar-refractivity contribution is 5.83. The van der Waals surface area contributed by atoms with Crippen LogP contribution in [0, 0.1) is 0 Å². The molecule has 0 saturated carbocycles. The SMILES string of the molecule is NC1=C(N2C(c3ccc4ccccc4c3)[C@H]2N)CCC=C1. The summed E-state index contributed by atoms with van der Waals surface area (Å²) in [6.07, 6.45) is 6.20. The minimum Gasteiger partial charge on any atom is -0.397 e. The minimum atomic E-state index is 0.0474. The molecule has 4 rings (SSSR count). The summed E-state index contributed by atoms with van der Waals surface area (Å²) >= 11 is 0. The lowest BCUT2D eigenvalue weighted by Gasteiger charge is -2.16. The lowest BCUT2D eigenvalue weighted by molar-refractivity contribution is 0.553. The van der Waals surface area contributed by atoms with Crippen LogP contribution in [0.15, 0.2) is 66.0 Å². The van der Waals surface area contributed by atoms with Gasteiger partial charge in [-0.3, -0.25) is 0 Å². The molecule has 2 atom stereocenters. The van der Waals surface area contributed by atoms with E-state index in [0.717, 1.165) is 18.5 Å². The fourth-order valence-electron chi connectivity index (χ4n) is 3.30. The summed E-state index contributed by atoms with van der Waals surface area (Å²) in [7, 11) is 0. The van der Waals surface area contributed by atoms with Gasteiger partial charge in [0.25, 0.3) is 0 Å². The Balaban J connectivity index is 1.69. The van der Waals surface area contributed by atoms with Crippen molar-refractivity contribution < 1.29 is 0 Å². The Labute approximate surface area is 124 Å². The molecule has 1 heterocycles. The molecule has 2 aromatic carbocycles. The van der Waals surface area contributed by atoms with Gasteiger partial charge in [0.05, 0.1) is 11.7 Å². The van der Waals surface area contributed by atoms with Gasteiger partial charge in [-0.05, 0) is 41.3 Å². The van der Waals surface area contributed by atoms with E-state index < -0.39 is 0 Å². The molecule has 1 unspecified atom stereocenters. The Bertz CT molecular complexity index is 760. The first kappa shape index (κ1) is 12.5. The maximum Gasteiger partial charge on any atom is 0.103 e. The summed E-state index contributed by atoms with van der Waals surface area (Å²) < 4.78 is 0. The number of nitrogens with zero attached hydrogens (tertiary/aromatic N) is 1. The molecular formula is C18H19N3. The van der Waals surface area contributed by atoms with Gasteiger partial charge in [0, 0.05) is 5.70 Å². The van der Waals surface area contributed by atoms with Gasteiger partial charge in [-0.1, -0.05) is 42.5 Å². The number of allylic oxidation sites excluding steroid dienone is 3. The highest BCUT2D eigenvalue weighted by atomic mass is 15.4. The summed E-state index contributed by atoms with van der Waals surface area (Å²) in [5, 5.41) is 2.53. The topological polar surface area (TPSA) is 55.0 Å². The molecule has 1 saturated heterocycles. The quantitative estimate of drug-likeness (QED) is 0.830. The number of benzene rings is 2. The van der Waals surface area contributed by atoms with Crippen LogP contribution < -0.4 is 11.5 Å². The number of rotatable bonds is 2. The van der Waals surface area contributed by atoms with Crippen molar-refractivity contribution in [1.29, 1.82) is 0 Å². The maximum atomic E-state index is 6.29. The predicted octanol–water partition coefficient (Wildman–Crippen LogP) is 3.00. The summed E-state index contributed by atoms with van der Waals surface area (Å²) in [6.45, 7) is 0. The summed E-state index contributed by atoms with van der Waals surface area (Å²) in [5.74, 6) is 0. The van der Waals surface area contributed by atoms with E-state index in [9.17, 15) is 0 Å². The van der Waals surface area contributed by atoms with Crippen LogP contribution in [-0.2, 0) is 0 Å². The van der Waals surface area contributed by atoms with Gasteiger partial charge in [0.2, 0.25) is 0 Å². The lowest BCUT2D eigenvalue weighted by Crippen LogP contribution is -2.15. The molecule has 2 aromatic rings. The zero-order chi connectivity index (χ0) is 14.4. The standard InChI is InChI=1S/C18H19N3/c19-15-7-3-4-8-16(15)21-17(18(21)20)14-10-9-12-5-1-2-6-13(12)11-14/h1-3,5-7,9-11,17-18H,4,8,19-20H2/t17?,18-,21?/m0/s1. The van der Waals surface area contributed by atoms with Crippen LogP contribution in [-0.4, -0.2) is 11.1 Å². The molecule has 0 spiro atoms. The van der Waals surface area contributed by atoms with E-state index in [1.165, 1.54) is 22.0 Å². The fourth-order valence-corrected chi connectivity index (χ4v) is 3.30. The average molecular weight is 277 g/mol. The van der Waals surface area contributed by atoms with Crippen LogP contribution in [0.5, 0.6) is 0 Å². The summed E-state index contributed by atoms with van der Waals surface area (Å²) in [4.78, 5) is 2.25. The van der Waals surface area contributed by atoms with Crippen LogP contribution in [0.25, 0.3) is 10.8 Å². The van der Waals surface area contributed by atoms with Crippen LogP contribution in [0.4, 0.5) is 0 Å². The largest absolute Gasteiger partial charge is 0.397 e. The Morgan fingerprint density at radius 3 is 2.67 bits per heavy atom. The van der Waals surface area contributed by atoms with Gasteiger partial charge in [-0.15, -0.1) is 0 Å². The van der Waals surface area contributed by atoms with E-state index >= 15 is 0 Å². The van der Waals surface area contributed by atoms with Crippen molar-refractivity contribution in [3.63, 3.8) is 0 Å². The Morgan fingerprint density at radius 2 is 1.86 bits per heavy atom. The molecule has 0 amide bonds. The van der Waals surface area contributed by atoms with Crippen LogP contribution in [0.2, 0.25) is 0 Å². The van der Waals surface area contributed by atoms with E-state index in [-0.39, 0.29) is 12.2 Å². The molecule has 2 aliphatic rings. The van der Waals surface area contributed by atoms with Crippen LogP contribution in [0.3, 0.4) is 0 Å². The van der Waals surface area contributed by atoms with E-state index in [2.05, 4.69) is 53.4 Å². The molecule has 1 aliphatic carbocycles. The van der Waals surface area contributed by atoms with Gasteiger partial charge in [-0.2, -0.15) is 0 Å². The maximum absolute atomic E-state index is 6.29. The molecule has 3 heteroatoms. The third-order valence-corrected chi connectivity index (χ3v) is 4.46. The first-order chi connectivity index (χ1) is 10.3. The van der Waals surface area contributed by atoms with E-state index in [4.69, 9.17) is 11.5 Å². The van der Waals surface area contributed by atoms with Gasteiger partial charge in [-0.25, -0.2) is 0 Å². The van der Waals surface area contributed by atoms with Crippen molar-refractivity contribution in [3.8, 4) is 0 Å². The Morgan fingerprint density at radius 1 is 1.05 bits per heavy atom. The Hall–Kier alpha value is -2.26. The van der Waals surface area contributed by atoms with Gasteiger partial charge in [0.1, 0.15) is 6.17 Å². The third kappa shape index (κ3) is 2.01. The van der Waals surface area contributed by atoms with E-state index in [0.29, 0.717) is 0 Å². The predicted molar refractivity (Wildman–Crippen MR) is 86.1 cm³/mol. The second-order valence-corrected chi connectivity index (χ2v) is 5.79. The zero-order valence-electron chi connectivity index (χ0n) is 11.9. The normalized spacial score (nSPS) is 24.7. The van der Waals surface area contributed by atoms with Crippen molar-refractivity contribution in [2.24, 2.45) is 11.5 Å². The van der Waals surface area contributed by atoms with E-state index in [1.807, 2.05) is 6.08 Å². The molecule has 3 nitrogen and oxygen atoms in total. The van der Waals surface area contributed by atoms with Crippen molar-refractivity contribution in [2.75, 3.05) is 0 Å². The van der Waals surface area contributed by atoms with Crippen molar-refractivity contribution in [1.82, 2.24) is 4.90 Å². The highest BCUT2D eigenvalue weighted by Gasteiger charge is 2.47. The smallest absolute Gasteiger partial charge is 0.103 e. The molecule has 0 bridgehead atoms. The number of hydrogen-bond donors (Lipinski definition) is 2. The van der Waals surface area contributed by atoms with Crippen molar-refractivity contribution in [2.45, 2.75) is 25.0 Å². The minimum absolute atomic E-state index is 0.0474. The average Bonchev–Trinajstić information content (AvgIpc) is 3.18. The van der Waals surface area contributed by atoms with Gasteiger partial charge >= 0.3 is 0 Å². The number of hydrogen-bond acceptors (Lipinski definition) is 3. The van der Waals surface area contributed by atoms with Crippen LogP contribution >= 0.6 is 0 Å². The third-order valence-electron chi connectivity index (χ3n) is 4.46. The van der Waals surface area contributed by atoms with Crippen molar-refractivity contribution in [3.05, 3.63) is 71.6 Å². The first-order valence-electron chi connectivity index (χ1n) is 7.43. The summed E-state index contributed by atoms with van der Waals surface area (Å²) in [5.41, 5.74) is 15.7. The molecule has 106 valence electrons. The molecule has 4 N–H and O–H groups in total. The van der Waals surface area contributed by atoms with Gasteiger partial charge in [0.15, 0.2) is 0 Å². The second-order valence-electron chi connectivity index (χ2n) is 5.79. The second kappa shape index (κ2) is 4.64. The molecule has 21 heavy (non-hydrogen) atoms. The van der Waals surface area contributed by atoms with E-state index in [1.54, 1.807) is 0 Å². The van der Waals surface area contributed by atoms with Crippen molar-refractivity contribution >= 4 is 10.8 Å². The summed E-state index contributed by atoms with van der Waals surface area (Å²) in [6, 6.07) is 15.3. The Kier molecular flexibility index (Phi) is 2.76. The molecule has 1 fully saturated rings. The molecule has 0 radical (unpaired) electrons. The zero-order valence-corrected chi connectivity index (χ0v) is 11.9. The fraction of sp³-hybridized carbons (Fsp3) is 0.222. The number of nitrogens with two attached hydrogens (primary N) is 2. The first-order valence-corrected chi connectivity index (χ1v) is 7.43. The highest BCUT2D eigenvalue weighted by Crippen LogP contribution is 2.46.